The SMILES string of the molecule is O=C(c1cc(Br)ccc1F)N1CCCC(Br)C1. The summed E-state index contributed by atoms with van der Waals surface area (Å²) in [7, 11) is 0. The summed E-state index contributed by atoms with van der Waals surface area (Å²) in [6.07, 6.45) is 2.02. The van der Waals surface area contributed by atoms with Crippen LogP contribution in [0.1, 0.15) is 23.2 Å². The van der Waals surface area contributed by atoms with Crippen LogP contribution >= 0.6 is 31.9 Å². The van der Waals surface area contributed by atoms with Crippen molar-refractivity contribution in [1.82, 2.24) is 4.90 Å². The summed E-state index contributed by atoms with van der Waals surface area (Å²) < 4.78 is 14.3. The van der Waals surface area contributed by atoms with Gasteiger partial charge in [-0.3, -0.25) is 4.79 Å². The number of nitrogens with zero attached hydrogens (tertiary/aromatic N) is 1. The highest BCUT2D eigenvalue weighted by molar-refractivity contribution is 9.10. The van der Waals surface area contributed by atoms with Gasteiger partial charge in [-0.15, -0.1) is 0 Å². The third-order valence-electron chi connectivity index (χ3n) is 2.81. The molecule has 1 aromatic carbocycles. The summed E-state index contributed by atoms with van der Waals surface area (Å²) in [4.78, 5) is 14.2. The van der Waals surface area contributed by atoms with E-state index in [9.17, 15) is 9.18 Å². The van der Waals surface area contributed by atoms with E-state index in [1.165, 1.54) is 12.1 Å². The molecular formula is C12H12Br2FNO. The van der Waals surface area contributed by atoms with Crippen LogP contribution in [0.3, 0.4) is 0 Å². The second kappa shape index (κ2) is 5.48. The van der Waals surface area contributed by atoms with Gasteiger partial charge in [0.1, 0.15) is 5.82 Å². The lowest BCUT2D eigenvalue weighted by molar-refractivity contribution is 0.0725. The molecule has 2 rings (SSSR count). The number of carbonyl (C=O) groups excluding carboxylic acids is 1. The van der Waals surface area contributed by atoms with Gasteiger partial charge in [-0.05, 0) is 31.0 Å². The summed E-state index contributed by atoms with van der Waals surface area (Å²) in [6.45, 7) is 1.34. The van der Waals surface area contributed by atoms with Crippen molar-refractivity contribution in [2.75, 3.05) is 13.1 Å². The first-order chi connectivity index (χ1) is 8.08. The molecule has 0 bridgehead atoms. The molecule has 0 aliphatic carbocycles. The summed E-state index contributed by atoms with van der Waals surface area (Å²) in [5, 5.41) is 0. The Labute approximate surface area is 116 Å². The van der Waals surface area contributed by atoms with Crippen molar-refractivity contribution < 1.29 is 9.18 Å². The molecule has 1 aliphatic rings. The maximum Gasteiger partial charge on any atom is 0.256 e. The molecule has 5 heteroatoms. The Balaban J connectivity index is 2.21. The molecule has 92 valence electrons. The summed E-state index contributed by atoms with van der Waals surface area (Å²) in [6, 6.07) is 4.44. The Bertz CT molecular complexity index is 439. The van der Waals surface area contributed by atoms with Crippen molar-refractivity contribution in [3.05, 3.63) is 34.1 Å². The standard InChI is InChI=1S/C12H12Br2FNO/c13-8-3-4-11(15)10(6-8)12(17)16-5-1-2-9(14)7-16/h3-4,6,9H,1-2,5,7H2. The Morgan fingerprint density at radius 3 is 2.94 bits per heavy atom. The molecular weight excluding hydrogens is 353 g/mol. The fourth-order valence-corrected chi connectivity index (χ4v) is 2.98. The molecule has 1 unspecified atom stereocenters. The van der Waals surface area contributed by atoms with Gasteiger partial charge < -0.3 is 4.90 Å². The van der Waals surface area contributed by atoms with Crippen molar-refractivity contribution >= 4 is 37.8 Å². The number of rotatable bonds is 1. The lowest BCUT2D eigenvalue weighted by atomic mass is 10.1. The van der Waals surface area contributed by atoms with Gasteiger partial charge in [-0.2, -0.15) is 0 Å². The normalized spacial score (nSPS) is 20.4. The van der Waals surface area contributed by atoms with Crippen LogP contribution in [-0.2, 0) is 0 Å². The van der Waals surface area contributed by atoms with E-state index in [0.717, 1.165) is 17.3 Å². The van der Waals surface area contributed by atoms with Gasteiger partial charge in [0.2, 0.25) is 0 Å². The highest BCUT2D eigenvalue weighted by atomic mass is 79.9. The number of carbonyl (C=O) groups is 1. The minimum Gasteiger partial charge on any atom is -0.337 e. The predicted octanol–water partition coefficient (Wildman–Crippen LogP) is 3.59. The zero-order chi connectivity index (χ0) is 12.4. The topological polar surface area (TPSA) is 20.3 Å². The quantitative estimate of drug-likeness (QED) is 0.697. The van der Waals surface area contributed by atoms with Gasteiger partial charge >= 0.3 is 0 Å². The summed E-state index contributed by atoms with van der Waals surface area (Å²) in [5.41, 5.74) is 0.140. The van der Waals surface area contributed by atoms with Crippen molar-refractivity contribution in [3.63, 3.8) is 0 Å². The summed E-state index contributed by atoms with van der Waals surface area (Å²) >= 11 is 6.76. The molecule has 0 saturated carbocycles. The van der Waals surface area contributed by atoms with Gasteiger partial charge in [0.15, 0.2) is 0 Å². The maximum atomic E-state index is 13.6. The minimum atomic E-state index is -0.463. The van der Waals surface area contributed by atoms with Crippen molar-refractivity contribution in [3.8, 4) is 0 Å². The summed E-state index contributed by atoms with van der Waals surface area (Å²) in [5.74, 6) is -0.692. The largest absolute Gasteiger partial charge is 0.337 e. The Morgan fingerprint density at radius 2 is 2.24 bits per heavy atom. The van der Waals surface area contributed by atoms with Crippen LogP contribution in [-0.4, -0.2) is 28.7 Å². The second-order valence-electron chi connectivity index (χ2n) is 4.11. The van der Waals surface area contributed by atoms with Crippen molar-refractivity contribution in [1.29, 1.82) is 0 Å². The molecule has 1 aliphatic heterocycles. The van der Waals surface area contributed by atoms with Crippen LogP contribution in [0.25, 0.3) is 0 Å². The highest BCUT2D eigenvalue weighted by Crippen LogP contribution is 2.21. The first kappa shape index (κ1) is 13.0. The van der Waals surface area contributed by atoms with Crippen LogP contribution in [0, 0.1) is 5.82 Å². The van der Waals surface area contributed by atoms with Gasteiger partial charge in [-0.25, -0.2) is 4.39 Å². The minimum absolute atomic E-state index is 0.140. The van der Waals surface area contributed by atoms with E-state index in [-0.39, 0.29) is 11.5 Å². The van der Waals surface area contributed by atoms with Gasteiger partial charge in [0.05, 0.1) is 5.56 Å². The van der Waals surface area contributed by atoms with Crippen LogP contribution in [0.15, 0.2) is 22.7 Å². The molecule has 1 heterocycles. The predicted molar refractivity (Wildman–Crippen MR) is 72.0 cm³/mol. The number of halogens is 3. The molecule has 2 nitrogen and oxygen atoms in total. The Morgan fingerprint density at radius 1 is 1.47 bits per heavy atom. The lowest BCUT2D eigenvalue weighted by Crippen LogP contribution is -2.40. The molecule has 0 spiro atoms. The molecule has 0 aromatic heterocycles. The van der Waals surface area contributed by atoms with Crippen LogP contribution in [0.2, 0.25) is 0 Å². The number of hydrogen-bond donors (Lipinski definition) is 0. The Kier molecular flexibility index (Phi) is 4.20. The third-order valence-corrected chi connectivity index (χ3v) is 4.05. The number of benzene rings is 1. The van der Waals surface area contributed by atoms with Crippen LogP contribution in [0.5, 0.6) is 0 Å². The number of hydrogen-bond acceptors (Lipinski definition) is 1. The molecule has 17 heavy (non-hydrogen) atoms. The molecule has 1 amide bonds. The number of amides is 1. The zero-order valence-electron chi connectivity index (χ0n) is 9.13. The zero-order valence-corrected chi connectivity index (χ0v) is 12.3. The number of likely N-dealkylation sites (tertiary alicyclic amines) is 1. The highest BCUT2D eigenvalue weighted by Gasteiger charge is 2.24. The van der Waals surface area contributed by atoms with Gasteiger partial charge in [0.25, 0.3) is 5.91 Å². The van der Waals surface area contributed by atoms with E-state index >= 15 is 0 Å². The number of alkyl halides is 1. The van der Waals surface area contributed by atoms with Crippen molar-refractivity contribution in [2.45, 2.75) is 17.7 Å². The average Bonchev–Trinajstić information content (AvgIpc) is 2.31. The monoisotopic (exact) mass is 363 g/mol. The smallest absolute Gasteiger partial charge is 0.256 e. The number of piperidine rings is 1. The molecule has 1 saturated heterocycles. The fourth-order valence-electron chi connectivity index (χ4n) is 1.94. The first-order valence-corrected chi connectivity index (χ1v) is 7.17. The van der Waals surface area contributed by atoms with E-state index < -0.39 is 5.82 Å². The van der Waals surface area contributed by atoms with E-state index in [4.69, 9.17) is 0 Å². The Hall–Kier alpha value is -0.420. The van der Waals surface area contributed by atoms with Crippen molar-refractivity contribution in [2.24, 2.45) is 0 Å². The average molecular weight is 365 g/mol. The van der Waals surface area contributed by atoms with E-state index in [0.29, 0.717) is 17.9 Å². The van der Waals surface area contributed by atoms with Crippen LogP contribution < -0.4 is 0 Å². The molecule has 0 N–H and O–H groups in total. The van der Waals surface area contributed by atoms with Crippen LogP contribution in [0.4, 0.5) is 4.39 Å². The van der Waals surface area contributed by atoms with Gasteiger partial charge in [0, 0.05) is 22.4 Å². The fraction of sp³-hybridized carbons (Fsp3) is 0.417. The molecule has 1 atom stereocenters. The second-order valence-corrected chi connectivity index (χ2v) is 6.33. The van der Waals surface area contributed by atoms with E-state index in [1.807, 2.05) is 0 Å². The van der Waals surface area contributed by atoms with E-state index in [2.05, 4.69) is 31.9 Å². The maximum absolute atomic E-state index is 13.6. The molecule has 0 radical (unpaired) electrons. The third kappa shape index (κ3) is 3.07. The molecule has 1 fully saturated rings. The van der Waals surface area contributed by atoms with Gasteiger partial charge in [-0.1, -0.05) is 31.9 Å². The lowest BCUT2D eigenvalue weighted by Gasteiger charge is -2.30. The van der Waals surface area contributed by atoms with E-state index in [1.54, 1.807) is 11.0 Å². The molecule has 1 aromatic rings. The first-order valence-electron chi connectivity index (χ1n) is 5.46.